The highest BCUT2D eigenvalue weighted by Gasteiger charge is 2.25. The van der Waals surface area contributed by atoms with Crippen molar-refractivity contribution in [3.8, 4) is 0 Å². The lowest BCUT2D eigenvalue weighted by Gasteiger charge is -2.35. The van der Waals surface area contributed by atoms with Crippen molar-refractivity contribution < 1.29 is 9.18 Å². The molecule has 0 radical (unpaired) electrons. The van der Waals surface area contributed by atoms with Gasteiger partial charge < -0.3 is 14.4 Å². The molecule has 0 aliphatic carbocycles. The highest BCUT2D eigenvalue weighted by atomic mass is 19.1. The molecule has 1 aliphatic heterocycles. The van der Waals surface area contributed by atoms with E-state index >= 15 is 0 Å². The maximum absolute atomic E-state index is 13.5. The third-order valence-corrected chi connectivity index (χ3v) is 5.74. The zero-order valence-electron chi connectivity index (χ0n) is 17.1. The van der Waals surface area contributed by atoms with Crippen molar-refractivity contribution in [1.82, 2.24) is 14.5 Å². The minimum absolute atomic E-state index is 0.128. The van der Waals surface area contributed by atoms with Gasteiger partial charge in [0.2, 0.25) is 5.95 Å². The van der Waals surface area contributed by atoms with Crippen LogP contribution >= 0.6 is 0 Å². The number of hydrogen-bond donors (Lipinski definition) is 0. The molecule has 1 fully saturated rings. The molecule has 1 aromatic heterocycles. The SMILES string of the molecule is O=C(c1cccc(F)c1)N1CCN(c2nc3ccccc3n2Cc2ccccc2)CC1. The second kappa shape index (κ2) is 8.22. The van der Waals surface area contributed by atoms with E-state index in [9.17, 15) is 9.18 Å². The Morgan fingerprint density at radius 1 is 0.871 bits per heavy atom. The minimum atomic E-state index is -0.390. The quantitative estimate of drug-likeness (QED) is 0.503. The molecule has 0 saturated carbocycles. The molecule has 0 bridgehead atoms. The zero-order chi connectivity index (χ0) is 21.2. The lowest BCUT2D eigenvalue weighted by Crippen LogP contribution is -2.49. The molecule has 0 atom stereocenters. The van der Waals surface area contributed by atoms with E-state index < -0.39 is 0 Å². The molecule has 1 aliphatic rings. The lowest BCUT2D eigenvalue weighted by molar-refractivity contribution is 0.0745. The first-order valence-corrected chi connectivity index (χ1v) is 10.5. The number of carbonyl (C=O) groups is 1. The first kappa shape index (κ1) is 19.3. The van der Waals surface area contributed by atoms with Crippen LogP contribution in [-0.4, -0.2) is 46.5 Å². The number of piperazine rings is 1. The van der Waals surface area contributed by atoms with Crippen molar-refractivity contribution in [1.29, 1.82) is 0 Å². The van der Waals surface area contributed by atoms with Gasteiger partial charge in [-0.25, -0.2) is 9.37 Å². The summed E-state index contributed by atoms with van der Waals surface area (Å²) < 4.78 is 15.8. The van der Waals surface area contributed by atoms with Crippen molar-refractivity contribution in [2.24, 2.45) is 0 Å². The molecule has 31 heavy (non-hydrogen) atoms. The second-order valence-corrected chi connectivity index (χ2v) is 7.76. The number of hydrogen-bond acceptors (Lipinski definition) is 3. The molecule has 0 unspecified atom stereocenters. The van der Waals surface area contributed by atoms with Gasteiger partial charge in [-0.2, -0.15) is 0 Å². The van der Waals surface area contributed by atoms with Crippen molar-refractivity contribution in [3.05, 3.63) is 95.8 Å². The Kier molecular flexibility index (Phi) is 5.12. The zero-order valence-corrected chi connectivity index (χ0v) is 17.1. The number of amides is 1. The number of rotatable bonds is 4. The fraction of sp³-hybridized carbons (Fsp3) is 0.200. The van der Waals surface area contributed by atoms with Gasteiger partial charge in [-0.1, -0.05) is 48.5 Å². The van der Waals surface area contributed by atoms with Crippen molar-refractivity contribution in [2.75, 3.05) is 31.1 Å². The number of nitrogens with zero attached hydrogens (tertiary/aromatic N) is 4. The molecular weight excluding hydrogens is 391 g/mol. The standard InChI is InChI=1S/C25H23FN4O/c26-21-10-6-9-20(17-21)24(31)28-13-15-29(16-14-28)25-27-22-11-4-5-12-23(22)30(25)18-19-7-2-1-3-8-19/h1-12,17H,13-16,18H2. The van der Waals surface area contributed by atoms with Gasteiger partial charge >= 0.3 is 0 Å². The van der Waals surface area contributed by atoms with Crippen LogP contribution in [0, 0.1) is 5.82 Å². The Morgan fingerprint density at radius 3 is 2.39 bits per heavy atom. The summed E-state index contributed by atoms with van der Waals surface area (Å²) in [5, 5.41) is 0. The number of halogens is 1. The molecule has 0 N–H and O–H groups in total. The summed E-state index contributed by atoms with van der Waals surface area (Å²) >= 11 is 0. The molecule has 2 heterocycles. The van der Waals surface area contributed by atoms with E-state index in [1.807, 2.05) is 36.4 Å². The van der Waals surface area contributed by atoms with Gasteiger partial charge in [-0.05, 0) is 35.9 Å². The topological polar surface area (TPSA) is 41.4 Å². The highest BCUT2D eigenvalue weighted by molar-refractivity contribution is 5.94. The van der Waals surface area contributed by atoms with Crippen LogP contribution in [0.1, 0.15) is 15.9 Å². The summed E-state index contributed by atoms with van der Waals surface area (Å²) in [5.74, 6) is 0.402. The summed E-state index contributed by atoms with van der Waals surface area (Å²) in [5.41, 5.74) is 3.67. The Hall–Kier alpha value is -3.67. The van der Waals surface area contributed by atoms with Crippen LogP contribution < -0.4 is 4.90 Å². The summed E-state index contributed by atoms with van der Waals surface area (Å²) in [6.45, 7) is 3.24. The Labute approximate surface area is 180 Å². The molecule has 0 spiro atoms. The molecule has 5 rings (SSSR count). The van der Waals surface area contributed by atoms with E-state index in [2.05, 4.69) is 27.7 Å². The molecule has 156 valence electrons. The van der Waals surface area contributed by atoms with Crippen LogP contribution in [0.2, 0.25) is 0 Å². The fourth-order valence-electron chi connectivity index (χ4n) is 4.14. The van der Waals surface area contributed by atoms with Gasteiger partial charge in [-0.3, -0.25) is 4.79 Å². The first-order valence-electron chi connectivity index (χ1n) is 10.5. The van der Waals surface area contributed by atoms with Crippen molar-refractivity contribution in [2.45, 2.75) is 6.54 Å². The summed E-state index contributed by atoms with van der Waals surface area (Å²) in [6.07, 6.45) is 0. The van der Waals surface area contributed by atoms with Crippen LogP contribution in [-0.2, 0) is 6.54 Å². The van der Waals surface area contributed by atoms with E-state index in [4.69, 9.17) is 4.98 Å². The van der Waals surface area contributed by atoms with E-state index in [-0.39, 0.29) is 11.7 Å². The number of para-hydroxylation sites is 2. The molecule has 5 nitrogen and oxygen atoms in total. The number of carbonyl (C=O) groups excluding carboxylic acids is 1. The van der Waals surface area contributed by atoms with Crippen molar-refractivity contribution >= 4 is 22.9 Å². The maximum Gasteiger partial charge on any atom is 0.254 e. The van der Waals surface area contributed by atoms with Gasteiger partial charge in [-0.15, -0.1) is 0 Å². The normalized spacial score (nSPS) is 14.2. The number of aromatic nitrogens is 2. The molecule has 3 aromatic carbocycles. The van der Waals surface area contributed by atoms with Crippen LogP contribution in [0.25, 0.3) is 11.0 Å². The average molecular weight is 414 g/mol. The minimum Gasteiger partial charge on any atom is -0.339 e. The van der Waals surface area contributed by atoms with Crippen LogP contribution in [0.4, 0.5) is 10.3 Å². The van der Waals surface area contributed by atoms with Gasteiger partial charge in [0.1, 0.15) is 5.82 Å². The Morgan fingerprint density at radius 2 is 1.61 bits per heavy atom. The predicted molar refractivity (Wildman–Crippen MR) is 120 cm³/mol. The van der Waals surface area contributed by atoms with Gasteiger partial charge in [0.15, 0.2) is 0 Å². The van der Waals surface area contributed by atoms with Gasteiger partial charge in [0.05, 0.1) is 17.6 Å². The van der Waals surface area contributed by atoms with E-state index in [1.165, 1.54) is 17.7 Å². The van der Waals surface area contributed by atoms with Crippen LogP contribution in [0.5, 0.6) is 0 Å². The molecule has 4 aromatic rings. The van der Waals surface area contributed by atoms with Gasteiger partial charge in [0.25, 0.3) is 5.91 Å². The molecule has 6 heteroatoms. The number of fused-ring (bicyclic) bond motifs is 1. The number of anilines is 1. The molecule has 1 saturated heterocycles. The summed E-state index contributed by atoms with van der Waals surface area (Å²) in [6, 6.07) is 24.4. The highest BCUT2D eigenvalue weighted by Crippen LogP contribution is 2.25. The summed E-state index contributed by atoms with van der Waals surface area (Å²) in [4.78, 5) is 21.7. The Balaban J connectivity index is 1.38. The monoisotopic (exact) mass is 414 g/mol. The van der Waals surface area contributed by atoms with Crippen LogP contribution in [0.15, 0.2) is 78.9 Å². The summed E-state index contributed by atoms with van der Waals surface area (Å²) in [7, 11) is 0. The fourth-order valence-corrected chi connectivity index (χ4v) is 4.14. The van der Waals surface area contributed by atoms with Gasteiger partial charge in [0, 0.05) is 31.7 Å². The second-order valence-electron chi connectivity index (χ2n) is 7.76. The van der Waals surface area contributed by atoms with E-state index in [0.717, 1.165) is 23.5 Å². The van der Waals surface area contributed by atoms with Crippen molar-refractivity contribution in [3.63, 3.8) is 0 Å². The first-order chi connectivity index (χ1) is 15.2. The smallest absolute Gasteiger partial charge is 0.254 e. The predicted octanol–water partition coefficient (Wildman–Crippen LogP) is 4.19. The van der Waals surface area contributed by atoms with Crippen LogP contribution in [0.3, 0.4) is 0 Å². The molecule has 1 amide bonds. The maximum atomic E-state index is 13.5. The molecular formula is C25H23FN4O. The number of benzene rings is 3. The van der Waals surface area contributed by atoms with E-state index in [0.29, 0.717) is 31.7 Å². The Bertz CT molecular complexity index is 1210. The van der Waals surface area contributed by atoms with E-state index in [1.54, 1.807) is 17.0 Å². The third kappa shape index (κ3) is 3.89. The largest absolute Gasteiger partial charge is 0.339 e. The average Bonchev–Trinajstić information content (AvgIpc) is 3.18. The lowest BCUT2D eigenvalue weighted by atomic mass is 10.2. The number of imidazole rings is 1. The third-order valence-electron chi connectivity index (χ3n) is 5.74.